The number of hydrogen-bond acceptors (Lipinski definition) is 5. The molecule has 0 bridgehead atoms. The van der Waals surface area contributed by atoms with Crippen LogP contribution in [0.1, 0.15) is 16.8 Å². The number of amides is 1. The Morgan fingerprint density at radius 2 is 2.00 bits per heavy atom. The van der Waals surface area contributed by atoms with Crippen LogP contribution in [-0.2, 0) is 31.7 Å². The van der Waals surface area contributed by atoms with Crippen molar-refractivity contribution >= 4 is 34.0 Å². The van der Waals surface area contributed by atoms with Crippen molar-refractivity contribution in [2.24, 2.45) is 0 Å². The topological polar surface area (TPSA) is 71.5 Å². The van der Waals surface area contributed by atoms with E-state index in [-0.39, 0.29) is 40.8 Å². The number of pyridine rings is 1. The second-order valence-corrected chi connectivity index (χ2v) is 9.89. The first kappa shape index (κ1) is 24.6. The van der Waals surface area contributed by atoms with Crippen LogP contribution < -0.4 is 5.48 Å². The highest BCUT2D eigenvalue weighted by molar-refractivity contribution is 7.85. The number of hydrogen-bond donors (Lipinski definition) is 1. The Morgan fingerprint density at radius 1 is 1.29 bits per heavy atom. The maximum Gasteiger partial charge on any atom is 0.428 e. The molecule has 2 atom stereocenters. The lowest BCUT2D eigenvalue weighted by molar-refractivity contribution is -0.269. The van der Waals surface area contributed by atoms with Gasteiger partial charge in [-0.2, -0.15) is 13.2 Å². The van der Waals surface area contributed by atoms with Gasteiger partial charge in [-0.3, -0.25) is 24.3 Å². The van der Waals surface area contributed by atoms with Gasteiger partial charge in [0.15, 0.2) is 5.67 Å². The number of halogens is 6. The zero-order valence-corrected chi connectivity index (χ0v) is 19.0. The van der Waals surface area contributed by atoms with Gasteiger partial charge in [-0.05, 0) is 36.4 Å². The zero-order chi connectivity index (χ0) is 24.9. The number of hydroxylamine groups is 1. The number of nitrogens with zero attached hydrogens (tertiary/aromatic N) is 2. The molecule has 0 radical (unpaired) electrons. The molecule has 0 aliphatic carbocycles. The first-order chi connectivity index (χ1) is 15.8. The Hall–Kier alpha value is -2.57. The number of nitrogens with one attached hydrogen (secondary N) is 1. The summed E-state index contributed by atoms with van der Waals surface area (Å²) in [5, 5.41) is -0.235. The minimum Gasteiger partial charge on any atom is -0.334 e. The van der Waals surface area contributed by atoms with E-state index in [2.05, 4.69) is 10.5 Å². The molecule has 0 saturated carbocycles. The number of rotatable bonds is 5. The fraction of sp³-hybridized carbons (Fsp3) is 0.333. The quantitative estimate of drug-likeness (QED) is 0.609. The highest BCUT2D eigenvalue weighted by Gasteiger charge is 2.60. The van der Waals surface area contributed by atoms with Gasteiger partial charge >= 0.3 is 6.18 Å². The van der Waals surface area contributed by atoms with Gasteiger partial charge in [0, 0.05) is 39.4 Å². The molecule has 1 N–H and O–H groups in total. The lowest BCUT2D eigenvalue weighted by Gasteiger charge is -2.43. The van der Waals surface area contributed by atoms with Crippen molar-refractivity contribution < 1.29 is 35.8 Å². The Balaban J connectivity index is 1.57. The summed E-state index contributed by atoms with van der Waals surface area (Å²) in [5.41, 5.74) is -3.26. The Bertz CT molecular complexity index is 1160. The summed E-state index contributed by atoms with van der Waals surface area (Å²) in [6.07, 6.45) is -1.71. The van der Waals surface area contributed by atoms with Crippen LogP contribution in [-0.4, -0.2) is 51.3 Å². The normalized spacial score (nSPS) is 22.6. The largest absolute Gasteiger partial charge is 0.428 e. The molecule has 1 aromatic carbocycles. The standard InChI is InChI=1S/C21H17ClF5N3O3S/c1-34(32)9-18(31)30-10-19(24,11-30)17-3-2-12(8-28-17)16-7-20(33-29-16,21(25,26)27)13-4-14(22)6-15(23)5-13/h2-8,29H,9-11H2,1H3. The third-order valence-electron chi connectivity index (χ3n) is 5.48. The predicted molar refractivity (Wildman–Crippen MR) is 114 cm³/mol. The van der Waals surface area contributed by atoms with Gasteiger partial charge in [-0.15, -0.1) is 0 Å². The highest BCUT2D eigenvalue weighted by atomic mass is 35.5. The van der Waals surface area contributed by atoms with Crippen molar-refractivity contribution in [1.82, 2.24) is 15.4 Å². The van der Waals surface area contributed by atoms with Crippen LogP contribution >= 0.6 is 11.6 Å². The third kappa shape index (κ3) is 4.41. The summed E-state index contributed by atoms with van der Waals surface area (Å²) in [4.78, 5) is 22.0. The molecule has 182 valence electrons. The van der Waals surface area contributed by atoms with E-state index in [1.807, 2.05) is 0 Å². The van der Waals surface area contributed by atoms with Gasteiger partial charge in [0.2, 0.25) is 11.5 Å². The van der Waals surface area contributed by atoms with Gasteiger partial charge in [0.1, 0.15) is 11.6 Å². The van der Waals surface area contributed by atoms with Crippen LogP contribution in [0, 0.1) is 5.82 Å². The molecule has 6 nitrogen and oxygen atoms in total. The van der Waals surface area contributed by atoms with Gasteiger partial charge in [-0.25, -0.2) is 8.78 Å². The lowest BCUT2D eigenvalue weighted by atomic mass is 9.90. The van der Waals surface area contributed by atoms with Gasteiger partial charge in [-0.1, -0.05) is 11.6 Å². The number of alkyl halides is 4. The molecule has 1 fully saturated rings. The van der Waals surface area contributed by atoms with Crippen molar-refractivity contribution in [3.63, 3.8) is 0 Å². The molecule has 1 amide bonds. The van der Waals surface area contributed by atoms with E-state index in [0.29, 0.717) is 6.07 Å². The number of carbonyl (C=O) groups excluding carboxylic acids is 1. The molecule has 3 heterocycles. The van der Waals surface area contributed by atoms with Crippen molar-refractivity contribution in [2.75, 3.05) is 25.1 Å². The first-order valence-electron chi connectivity index (χ1n) is 9.77. The fourth-order valence-electron chi connectivity index (χ4n) is 3.73. The SMILES string of the molecule is CS(=O)CC(=O)N1CC(F)(c2ccc(C3=CC(c4cc(F)cc(Cl)c4)(C(F)(F)F)ON3)cn2)C1. The minimum atomic E-state index is -4.97. The van der Waals surface area contributed by atoms with Crippen molar-refractivity contribution in [2.45, 2.75) is 17.4 Å². The zero-order valence-electron chi connectivity index (χ0n) is 17.5. The van der Waals surface area contributed by atoms with E-state index in [0.717, 1.165) is 24.4 Å². The van der Waals surface area contributed by atoms with E-state index < -0.39 is 45.5 Å². The van der Waals surface area contributed by atoms with Crippen LogP contribution in [0.5, 0.6) is 0 Å². The van der Waals surface area contributed by atoms with Crippen LogP contribution in [0.4, 0.5) is 22.0 Å². The summed E-state index contributed by atoms with van der Waals surface area (Å²) >= 11 is 5.74. The van der Waals surface area contributed by atoms with Crippen LogP contribution in [0.3, 0.4) is 0 Å². The van der Waals surface area contributed by atoms with Crippen molar-refractivity contribution in [3.8, 4) is 0 Å². The van der Waals surface area contributed by atoms with Crippen molar-refractivity contribution in [1.29, 1.82) is 0 Å². The van der Waals surface area contributed by atoms with Gasteiger partial charge < -0.3 is 4.90 Å². The van der Waals surface area contributed by atoms with E-state index >= 15 is 4.39 Å². The Labute approximate surface area is 198 Å². The van der Waals surface area contributed by atoms with Gasteiger partial charge in [0.05, 0.1) is 24.5 Å². The molecule has 4 rings (SSSR count). The summed E-state index contributed by atoms with van der Waals surface area (Å²) in [5.74, 6) is -1.61. The molecule has 34 heavy (non-hydrogen) atoms. The number of aromatic nitrogens is 1. The maximum atomic E-state index is 15.1. The van der Waals surface area contributed by atoms with Crippen LogP contribution in [0.2, 0.25) is 5.02 Å². The molecule has 0 spiro atoms. The summed E-state index contributed by atoms with van der Waals surface area (Å²) < 4.78 is 82.1. The molecular weight excluding hydrogens is 505 g/mol. The number of likely N-dealkylation sites (tertiary alicyclic amines) is 1. The molecular formula is C21H17ClF5N3O3S. The van der Waals surface area contributed by atoms with E-state index in [4.69, 9.17) is 16.4 Å². The summed E-state index contributed by atoms with van der Waals surface area (Å²) in [6, 6.07) is 5.14. The molecule has 2 aliphatic rings. The van der Waals surface area contributed by atoms with Crippen LogP contribution in [0.15, 0.2) is 42.6 Å². The second kappa shape index (κ2) is 8.58. The Kier molecular flexibility index (Phi) is 6.19. The monoisotopic (exact) mass is 521 g/mol. The third-order valence-corrected chi connectivity index (χ3v) is 6.35. The summed E-state index contributed by atoms with van der Waals surface area (Å²) in [7, 11) is -1.35. The maximum absolute atomic E-state index is 15.1. The second-order valence-electron chi connectivity index (χ2n) is 8.02. The van der Waals surface area contributed by atoms with Crippen molar-refractivity contribution in [3.05, 3.63) is 70.3 Å². The van der Waals surface area contributed by atoms with Crippen LogP contribution in [0.25, 0.3) is 5.70 Å². The minimum absolute atomic E-state index is 0.00330. The average molecular weight is 522 g/mol. The molecule has 2 unspecified atom stereocenters. The average Bonchev–Trinajstić information content (AvgIpc) is 3.17. The molecule has 1 aromatic heterocycles. The smallest absolute Gasteiger partial charge is 0.334 e. The van der Waals surface area contributed by atoms with Gasteiger partial charge in [0.25, 0.3) is 0 Å². The molecule has 2 aromatic rings. The lowest BCUT2D eigenvalue weighted by Crippen LogP contribution is -2.60. The summed E-state index contributed by atoms with van der Waals surface area (Å²) in [6.45, 7) is -0.534. The van der Waals surface area contributed by atoms with E-state index in [1.54, 1.807) is 0 Å². The predicted octanol–water partition coefficient (Wildman–Crippen LogP) is 3.59. The Morgan fingerprint density at radius 3 is 2.56 bits per heavy atom. The number of benzene rings is 1. The molecule has 1 saturated heterocycles. The highest BCUT2D eigenvalue weighted by Crippen LogP contribution is 2.48. The number of carbonyl (C=O) groups is 1. The molecule has 13 heteroatoms. The fourth-order valence-corrected chi connectivity index (χ4v) is 4.49. The van der Waals surface area contributed by atoms with E-state index in [1.165, 1.54) is 23.3 Å². The van der Waals surface area contributed by atoms with E-state index in [9.17, 15) is 26.6 Å². The first-order valence-corrected chi connectivity index (χ1v) is 11.9. The molecule has 2 aliphatic heterocycles.